The molecule has 2 nitrogen and oxygen atoms in total. The average molecular weight is 192 g/mol. The highest BCUT2D eigenvalue weighted by molar-refractivity contribution is 7.48. The predicted molar refractivity (Wildman–Crippen MR) is 57.3 cm³/mol. The minimum Gasteiger partial charge on any atom is -0.284 e. The summed E-state index contributed by atoms with van der Waals surface area (Å²) in [5, 5.41) is 5.80. The third-order valence-corrected chi connectivity index (χ3v) is 25.5. The van der Waals surface area contributed by atoms with Crippen molar-refractivity contribution in [3.63, 3.8) is 0 Å². The number of hydrogen-bond acceptors (Lipinski definition) is 2. The van der Waals surface area contributed by atoms with Gasteiger partial charge in [-0.1, -0.05) is 19.6 Å². The zero-order chi connectivity index (χ0) is 8.20. The quantitative estimate of drug-likeness (QED) is 0.457. The molecule has 0 aromatic rings. The molecule has 0 saturated heterocycles. The fourth-order valence-electron chi connectivity index (χ4n) is 0.948. The first-order chi connectivity index (χ1) is 4.54. The van der Waals surface area contributed by atoms with E-state index in [9.17, 15) is 0 Å². The summed E-state index contributed by atoms with van der Waals surface area (Å²) >= 11 is 0. The normalized spacial score (nSPS) is 19.8. The second-order valence-corrected chi connectivity index (χ2v) is 24.6. The van der Waals surface area contributed by atoms with E-state index in [0.29, 0.717) is 0 Å². The van der Waals surface area contributed by atoms with Gasteiger partial charge in [0.15, 0.2) is 0 Å². The zero-order valence-electron chi connectivity index (χ0n) is 7.86. The van der Waals surface area contributed by atoms with Crippen LogP contribution in [-0.4, -0.2) is 44.4 Å². The summed E-state index contributed by atoms with van der Waals surface area (Å²) in [4.78, 5) is 0. The molecule has 0 aliphatic carbocycles. The fraction of sp³-hybridized carbons (Fsp3) is 1.00. The Labute approximate surface area is 69.7 Å². The van der Waals surface area contributed by atoms with E-state index in [0.717, 1.165) is 0 Å². The van der Waals surface area contributed by atoms with Crippen LogP contribution in [0.25, 0.3) is 0 Å². The first kappa shape index (κ1) is 10.6. The Morgan fingerprint density at radius 3 is 1.70 bits per heavy atom. The van der Waals surface area contributed by atoms with Crippen LogP contribution in [-0.2, 0) is 0 Å². The van der Waals surface area contributed by atoms with Crippen LogP contribution in [0.1, 0.15) is 0 Å². The average Bonchev–Trinajstić information content (AvgIpc) is 1.87. The van der Waals surface area contributed by atoms with Crippen LogP contribution in [0.3, 0.4) is 0 Å². The van der Waals surface area contributed by atoms with Crippen LogP contribution in [0.4, 0.5) is 0 Å². The van der Waals surface area contributed by atoms with Crippen LogP contribution in [0.15, 0.2) is 0 Å². The predicted octanol–water partition coefficient (Wildman–Crippen LogP) is -0.945. The highest BCUT2D eigenvalue weighted by Crippen LogP contribution is 1.92. The van der Waals surface area contributed by atoms with Gasteiger partial charge in [-0.2, -0.15) is 0 Å². The largest absolute Gasteiger partial charge is 0.284 e. The molecule has 0 bridgehead atoms. The molecule has 5 heteroatoms. The molecule has 0 aromatic carbocycles. The van der Waals surface area contributed by atoms with Crippen molar-refractivity contribution in [1.82, 2.24) is 10.1 Å². The van der Waals surface area contributed by atoms with Gasteiger partial charge in [-0.15, -0.1) is 0 Å². The maximum absolute atomic E-state index is 3.65. The zero-order valence-corrected chi connectivity index (χ0v) is 11.7. The van der Waals surface area contributed by atoms with Crippen molar-refractivity contribution in [3.05, 3.63) is 0 Å². The maximum Gasteiger partial charge on any atom is 0.106 e. The van der Waals surface area contributed by atoms with E-state index in [1.807, 2.05) is 0 Å². The van der Waals surface area contributed by atoms with E-state index >= 15 is 0 Å². The molecule has 0 aromatic heterocycles. The van der Waals surface area contributed by atoms with E-state index < -0.39 is 7.27 Å². The lowest BCUT2D eigenvalue weighted by Gasteiger charge is -2.29. The molecule has 0 rings (SSSR count). The lowest BCUT2D eigenvalue weighted by atomic mass is 11.2. The third kappa shape index (κ3) is 3.67. The molecular formula is C5H20N2Si3. The molecule has 0 heterocycles. The van der Waals surface area contributed by atoms with Crippen molar-refractivity contribution in [3.8, 4) is 0 Å². The van der Waals surface area contributed by atoms with E-state index in [4.69, 9.17) is 0 Å². The monoisotopic (exact) mass is 192 g/mol. The van der Waals surface area contributed by atoms with Crippen LogP contribution in [0.5, 0.6) is 0 Å². The highest BCUT2D eigenvalue weighted by atomic mass is 29.6. The summed E-state index contributed by atoms with van der Waals surface area (Å²) in [6, 6.07) is 0. The van der Waals surface area contributed by atoms with Crippen LogP contribution in [0.2, 0.25) is 19.6 Å². The molecule has 62 valence electrons. The topological polar surface area (TPSA) is 15.3 Å². The lowest BCUT2D eigenvalue weighted by Crippen LogP contribution is -2.61. The second kappa shape index (κ2) is 4.45. The van der Waals surface area contributed by atoms with E-state index in [2.05, 4.69) is 43.8 Å². The Kier molecular flexibility index (Phi) is 4.70. The molecule has 0 atom stereocenters. The van der Waals surface area contributed by atoms with Gasteiger partial charge in [0.2, 0.25) is 0 Å². The fourth-order valence-corrected chi connectivity index (χ4v) is 11.7. The number of nitrogens with zero attached hydrogens (tertiary/aromatic N) is 1. The molecule has 0 spiro atoms. The molecule has 0 unspecified atom stereocenters. The van der Waals surface area contributed by atoms with Gasteiger partial charge < -0.3 is 0 Å². The molecule has 0 fully saturated rings. The van der Waals surface area contributed by atoms with Gasteiger partial charge in [0.25, 0.3) is 0 Å². The van der Waals surface area contributed by atoms with Crippen molar-refractivity contribution in [2.75, 3.05) is 14.1 Å². The summed E-state index contributed by atoms with van der Waals surface area (Å²) in [6.45, 7) is 7.39. The summed E-state index contributed by atoms with van der Waals surface area (Å²) in [7, 11) is 3.89. The second-order valence-electron chi connectivity index (χ2n) is 3.27. The number of hydrogen-bond donors (Lipinski definition) is 1. The van der Waals surface area contributed by atoms with Gasteiger partial charge >= 0.3 is 0 Å². The number of rotatable bonds is 4. The van der Waals surface area contributed by atoms with Gasteiger partial charge in [0.05, 0.1) is 0 Å². The van der Waals surface area contributed by atoms with Gasteiger partial charge in [0, 0.05) is 32.2 Å². The van der Waals surface area contributed by atoms with Crippen molar-refractivity contribution < 1.29 is 0 Å². The highest BCUT2D eigenvalue weighted by Gasteiger charge is 2.22. The minimum absolute atomic E-state index is 0.237. The Morgan fingerprint density at radius 1 is 1.20 bits per heavy atom. The van der Waals surface area contributed by atoms with Crippen LogP contribution >= 0.6 is 0 Å². The van der Waals surface area contributed by atoms with Gasteiger partial charge in [-0.25, -0.2) is 0 Å². The van der Waals surface area contributed by atoms with Crippen molar-refractivity contribution in [1.29, 1.82) is 0 Å². The maximum atomic E-state index is 3.65. The summed E-state index contributed by atoms with van der Waals surface area (Å²) in [5.74, 6) is 0. The molecule has 0 aliphatic heterocycles. The Morgan fingerprint density at radius 2 is 1.60 bits per heavy atom. The van der Waals surface area contributed by atoms with E-state index in [-0.39, 0.29) is 18.1 Å². The first-order valence-electron chi connectivity index (χ1n) is 3.99. The Bertz CT molecular complexity index is 92.9. The van der Waals surface area contributed by atoms with Crippen molar-refractivity contribution >= 4 is 25.3 Å². The smallest absolute Gasteiger partial charge is 0.106 e. The van der Waals surface area contributed by atoms with Crippen LogP contribution < -0.4 is 5.09 Å². The third-order valence-electron chi connectivity index (χ3n) is 2.05. The summed E-state index contributed by atoms with van der Waals surface area (Å²) < 4.78 is 0. The summed E-state index contributed by atoms with van der Waals surface area (Å²) in [5.41, 5.74) is 0. The number of nitrogens with one attached hydrogen (secondary N) is 1. The number of hydrazine groups is 1. The Hall–Kier alpha value is 0.571. The molecule has 0 aliphatic rings. The molecule has 1 N–H and O–H groups in total. The molecule has 0 radical (unpaired) electrons. The van der Waals surface area contributed by atoms with Gasteiger partial charge in [-0.05, 0) is 0 Å². The van der Waals surface area contributed by atoms with Crippen molar-refractivity contribution in [2.24, 2.45) is 0 Å². The minimum atomic E-state index is -0.807. The molecule has 0 amide bonds. The molecule has 10 heavy (non-hydrogen) atoms. The van der Waals surface area contributed by atoms with Gasteiger partial charge in [0.1, 0.15) is 7.27 Å². The van der Waals surface area contributed by atoms with E-state index in [1.165, 1.54) is 0 Å². The van der Waals surface area contributed by atoms with Crippen molar-refractivity contribution in [2.45, 2.75) is 19.6 Å². The van der Waals surface area contributed by atoms with E-state index in [1.54, 1.807) is 0 Å². The van der Waals surface area contributed by atoms with Crippen LogP contribution in [0, 0.1) is 0 Å². The Balaban J connectivity index is 3.80. The summed E-state index contributed by atoms with van der Waals surface area (Å²) in [6.07, 6.45) is 0. The first-order valence-corrected chi connectivity index (χ1v) is 14.0. The molecular weight excluding hydrogens is 172 g/mol. The lowest BCUT2D eigenvalue weighted by molar-refractivity contribution is 0.370. The SMILES string of the molecule is C[SiH2][Si](C)(NN(C)C)[SiH2]C. The van der Waals surface area contributed by atoms with Gasteiger partial charge in [-0.3, -0.25) is 10.1 Å². The standard InChI is InChI=1S/C5H20N2Si3/c1-7(2)6-10(5,8-3)9-4/h6H,8-9H2,1-5H3. The molecule has 0 saturated carbocycles.